The Bertz CT molecular complexity index is 1160. The normalized spacial score (nSPS) is 15.6. The summed E-state index contributed by atoms with van der Waals surface area (Å²) in [6.07, 6.45) is 12.9. The molecule has 0 saturated heterocycles. The Morgan fingerprint density at radius 1 is 1.11 bits per heavy atom. The van der Waals surface area contributed by atoms with Crippen LogP contribution in [0.5, 0.6) is 0 Å². The van der Waals surface area contributed by atoms with Gasteiger partial charge in [-0.3, -0.25) is 9.78 Å². The molecular weight excluding hydrogens is 340 g/mol. The third kappa shape index (κ3) is 2.89. The first-order valence-corrected chi connectivity index (χ1v) is 9.43. The van der Waals surface area contributed by atoms with E-state index in [9.17, 15) is 4.79 Å². The van der Waals surface area contributed by atoms with Gasteiger partial charge >= 0.3 is 0 Å². The molecule has 4 aromatic heterocycles. The zero-order valence-electron chi connectivity index (χ0n) is 15.0. The van der Waals surface area contributed by atoms with Crippen molar-refractivity contribution in [2.45, 2.75) is 44.6 Å². The molecule has 1 fully saturated rings. The zero-order chi connectivity index (χ0) is 18.2. The van der Waals surface area contributed by atoms with Gasteiger partial charge in [-0.05, 0) is 30.5 Å². The zero-order valence-corrected chi connectivity index (χ0v) is 15.0. The maximum Gasteiger partial charge on any atom is 0.261 e. The predicted octanol–water partition coefficient (Wildman–Crippen LogP) is 2.93. The van der Waals surface area contributed by atoms with Crippen LogP contribution in [0.15, 0.2) is 47.8 Å². The maximum atomic E-state index is 12.9. The van der Waals surface area contributed by atoms with Gasteiger partial charge in [0.1, 0.15) is 0 Å². The number of nitrogens with zero attached hydrogens (tertiary/aromatic N) is 6. The molecule has 4 aromatic rings. The Balaban J connectivity index is 1.58. The quantitative estimate of drug-likeness (QED) is 0.561. The fourth-order valence-electron chi connectivity index (χ4n) is 3.92. The minimum Gasteiger partial charge on any atom is -0.310 e. The maximum absolute atomic E-state index is 12.9. The van der Waals surface area contributed by atoms with E-state index < -0.39 is 0 Å². The fraction of sp³-hybridized carbons (Fsp3) is 0.350. The van der Waals surface area contributed by atoms with E-state index in [-0.39, 0.29) is 5.56 Å². The lowest BCUT2D eigenvalue weighted by molar-refractivity contribution is 0.429. The first kappa shape index (κ1) is 16.1. The highest BCUT2D eigenvalue weighted by Gasteiger charge is 2.21. The van der Waals surface area contributed by atoms with Gasteiger partial charge in [-0.1, -0.05) is 25.3 Å². The number of pyridine rings is 2. The lowest BCUT2D eigenvalue weighted by Gasteiger charge is -2.17. The largest absolute Gasteiger partial charge is 0.310 e. The van der Waals surface area contributed by atoms with Gasteiger partial charge in [0, 0.05) is 30.7 Å². The summed E-state index contributed by atoms with van der Waals surface area (Å²) in [5.41, 5.74) is 1.65. The Morgan fingerprint density at radius 2 is 2.00 bits per heavy atom. The summed E-state index contributed by atoms with van der Waals surface area (Å²) in [5, 5.41) is 5.25. The molecule has 0 amide bonds. The number of rotatable bonds is 3. The van der Waals surface area contributed by atoms with Crippen molar-refractivity contribution in [3.05, 3.63) is 64.7 Å². The lowest BCUT2D eigenvalue weighted by atomic mass is 9.89. The van der Waals surface area contributed by atoms with Crippen molar-refractivity contribution in [3.8, 4) is 0 Å². The lowest BCUT2D eigenvalue weighted by Crippen LogP contribution is -2.21. The van der Waals surface area contributed by atoms with E-state index >= 15 is 0 Å². The van der Waals surface area contributed by atoms with Gasteiger partial charge in [-0.2, -0.15) is 9.50 Å². The van der Waals surface area contributed by atoms with Crippen LogP contribution in [-0.2, 0) is 6.54 Å². The van der Waals surface area contributed by atoms with Gasteiger partial charge in [0.15, 0.2) is 5.82 Å². The van der Waals surface area contributed by atoms with Crippen LogP contribution in [0, 0.1) is 0 Å². The second-order valence-electron chi connectivity index (χ2n) is 7.18. The molecule has 0 atom stereocenters. The summed E-state index contributed by atoms with van der Waals surface area (Å²) in [7, 11) is 0. The van der Waals surface area contributed by atoms with Crippen LogP contribution in [0.1, 0.15) is 49.4 Å². The Hall–Kier alpha value is -3.09. The SMILES string of the molecule is O=c1c2cnc3nc(C4CCCCC4)nn3c2ccn1Cc1cccnc1. The number of aromatic nitrogens is 6. The molecule has 1 aliphatic carbocycles. The average Bonchev–Trinajstić information content (AvgIpc) is 3.16. The first-order valence-electron chi connectivity index (χ1n) is 9.43. The predicted molar refractivity (Wildman–Crippen MR) is 102 cm³/mol. The molecule has 0 N–H and O–H groups in total. The molecule has 0 aromatic carbocycles. The van der Waals surface area contributed by atoms with Crippen LogP contribution in [0.2, 0.25) is 0 Å². The van der Waals surface area contributed by atoms with Crippen LogP contribution in [0.25, 0.3) is 16.7 Å². The second-order valence-corrected chi connectivity index (χ2v) is 7.18. The summed E-state index contributed by atoms with van der Waals surface area (Å²) < 4.78 is 3.39. The molecule has 4 heterocycles. The summed E-state index contributed by atoms with van der Waals surface area (Å²) in [6.45, 7) is 0.478. The van der Waals surface area contributed by atoms with Gasteiger partial charge in [0.25, 0.3) is 11.3 Å². The molecule has 27 heavy (non-hydrogen) atoms. The highest BCUT2D eigenvalue weighted by molar-refractivity contribution is 5.78. The molecule has 1 saturated carbocycles. The van der Waals surface area contributed by atoms with E-state index in [0.717, 1.165) is 29.7 Å². The van der Waals surface area contributed by atoms with Crippen molar-refractivity contribution < 1.29 is 0 Å². The minimum absolute atomic E-state index is 0.0829. The summed E-state index contributed by atoms with van der Waals surface area (Å²) in [4.78, 5) is 26.1. The van der Waals surface area contributed by atoms with E-state index in [1.54, 1.807) is 33.9 Å². The van der Waals surface area contributed by atoms with Gasteiger partial charge in [0.05, 0.1) is 17.4 Å². The van der Waals surface area contributed by atoms with E-state index in [2.05, 4.69) is 15.0 Å². The van der Waals surface area contributed by atoms with Crippen molar-refractivity contribution in [1.29, 1.82) is 0 Å². The molecule has 0 bridgehead atoms. The smallest absolute Gasteiger partial charge is 0.261 e. The van der Waals surface area contributed by atoms with E-state index in [0.29, 0.717) is 23.6 Å². The molecule has 7 nitrogen and oxygen atoms in total. The van der Waals surface area contributed by atoms with E-state index in [4.69, 9.17) is 5.10 Å². The highest BCUT2D eigenvalue weighted by Crippen LogP contribution is 2.31. The van der Waals surface area contributed by atoms with E-state index in [1.165, 1.54) is 19.3 Å². The molecule has 136 valence electrons. The molecule has 0 unspecified atom stereocenters. The van der Waals surface area contributed by atoms with Gasteiger partial charge < -0.3 is 4.57 Å². The molecule has 0 radical (unpaired) electrons. The van der Waals surface area contributed by atoms with Crippen LogP contribution in [-0.4, -0.2) is 29.1 Å². The summed E-state index contributed by atoms with van der Waals surface area (Å²) in [6, 6.07) is 5.74. The average molecular weight is 360 g/mol. The van der Waals surface area contributed by atoms with Gasteiger partial charge in [-0.15, -0.1) is 5.10 Å². The third-order valence-electron chi connectivity index (χ3n) is 5.37. The fourth-order valence-corrected chi connectivity index (χ4v) is 3.92. The Morgan fingerprint density at radius 3 is 2.81 bits per heavy atom. The van der Waals surface area contributed by atoms with Crippen LogP contribution >= 0.6 is 0 Å². The van der Waals surface area contributed by atoms with Crippen LogP contribution < -0.4 is 5.56 Å². The standard InChI is InChI=1S/C20H20N6O/c27-19-16-12-22-20-23-18(15-6-2-1-3-7-15)24-26(20)17(16)8-10-25(19)13-14-5-4-9-21-11-14/h4-5,8-12,15H,1-3,6-7,13H2. The van der Waals surface area contributed by atoms with Crippen molar-refractivity contribution in [2.75, 3.05) is 0 Å². The van der Waals surface area contributed by atoms with Gasteiger partial charge in [-0.25, -0.2) is 4.98 Å². The van der Waals surface area contributed by atoms with Crippen molar-refractivity contribution in [1.82, 2.24) is 29.1 Å². The first-order chi connectivity index (χ1) is 13.3. The highest BCUT2D eigenvalue weighted by atomic mass is 16.1. The van der Waals surface area contributed by atoms with Crippen LogP contribution in [0.4, 0.5) is 0 Å². The van der Waals surface area contributed by atoms with Crippen LogP contribution in [0.3, 0.4) is 0 Å². The Labute approximate surface area is 155 Å². The minimum atomic E-state index is -0.0829. The molecular formula is C20H20N6O. The monoisotopic (exact) mass is 360 g/mol. The molecule has 1 aliphatic rings. The molecule has 0 aliphatic heterocycles. The number of hydrogen-bond acceptors (Lipinski definition) is 5. The van der Waals surface area contributed by atoms with E-state index in [1.807, 2.05) is 18.2 Å². The number of hydrogen-bond donors (Lipinski definition) is 0. The van der Waals surface area contributed by atoms with Crippen molar-refractivity contribution in [2.24, 2.45) is 0 Å². The molecule has 7 heteroatoms. The van der Waals surface area contributed by atoms with Crippen molar-refractivity contribution >= 4 is 16.7 Å². The molecule has 0 spiro atoms. The topological polar surface area (TPSA) is 78.0 Å². The summed E-state index contributed by atoms with van der Waals surface area (Å²) >= 11 is 0. The van der Waals surface area contributed by atoms with Crippen molar-refractivity contribution in [3.63, 3.8) is 0 Å². The molecule has 5 rings (SSSR count). The summed E-state index contributed by atoms with van der Waals surface area (Å²) in [5.74, 6) is 1.82. The van der Waals surface area contributed by atoms with Gasteiger partial charge in [0.2, 0.25) is 0 Å². The second kappa shape index (κ2) is 6.57. The third-order valence-corrected chi connectivity index (χ3v) is 5.37. The number of fused-ring (bicyclic) bond motifs is 3. The Kier molecular flexibility index (Phi) is 3.92.